The Morgan fingerprint density at radius 1 is 1.00 bits per heavy atom. The molecule has 0 spiro atoms. The molecule has 1 unspecified atom stereocenters. The van der Waals surface area contributed by atoms with Gasteiger partial charge in [0.05, 0.1) is 12.1 Å². The van der Waals surface area contributed by atoms with Crippen molar-refractivity contribution in [3.8, 4) is 0 Å². The number of aromatic nitrogens is 3. The van der Waals surface area contributed by atoms with Crippen LogP contribution in [0.4, 0.5) is 23.8 Å². The number of halogens is 3. The largest absolute Gasteiger partial charge is 0.443 e. The van der Waals surface area contributed by atoms with Gasteiger partial charge in [0.15, 0.2) is 0 Å². The summed E-state index contributed by atoms with van der Waals surface area (Å²) in [5, 5.41) is 12.1. The standard InChI is InChI=1S/C27H27F3N4O3/c1-25(2,3)37-24(35)34(16-17-7-9-18(10-8-17)27(28,29)30)22-12-11-19(14-32-22)26(4,36)21-15-33-23-20(21)6-5-13-31-23/h5-15,36H,16H2,1-4H3,(H,31,33). The van der Waals surface area contributed by atoms with Crippen LogP contribution < -0.4 is 4.90 Å². The van der Waals surface area contributed by atoms with E-state index in [0.29, 0.717) is 22.3 Å². The van der Waals surface area contributed by atoms with Gasteiger partial charge in [-0.05, 0) is 63.6 Å². The van der Waals surface area contributed by atoms with Crippen molar-refractivity contribution in [2.45, 2.75) is 51.6 Å². The van der Waals surface area contributed by atoms with Crippen molar-refractivity contribution in [3.05, 3.63) is 89.4 Å². The van der Waals surface area contributed by atoms with Crippen molar-refractivity contribution in [2.24, 2.45) is 0 Å². The number of carbonyl (C=O) groups excluding carboxylic acids is 1. The van der Waals surface area contributed by atoms with Crippen LogP contribution in [0, 0.1) is 0 Å². The summed E-state index contributed by atoms with van der Waals surface area (Å²) in [6.45, 7) is 6.71. The molecule has 0 aliphatic rings. The fourth-order valence-electron chi connectivity index (χ4n) is 3.89. The number of hydrogen-bond donors (Lipinski definition) is 2. The zero-order chi connectivity index (χ0) is 27.0. The van der Waals surface area contributed by atoms with Crippen molar-refractivity contribution >= 4 is 22.9 Å². The highest BCUT2D eigenvalue weighted by molar-refractivity contribution is 5.86. The highest BCUT2D eigenvalue weighted by atomic mass is 19.4. The number of fused-ring (bicyclic) bond motifs is 1. The summed E-state index contributed by atoms with van der Waals surface area (Å²) in [7, 11) is 0. The van der Waals surface area contributed by atoms with Gasteiger partial charge < -0.3 is 14.8 Å². The molecular weight excluding hydrogens is 485 g/mol. The van der Waals surface area contributed by atoms with Crippen LogP contribution in [0.5, 0.6) is 0 Å². The lowest BCUT2D eigenvalue weighted by Gasteiger charge is -2.28. The fourth-order valence-corrected chi connectivity index (χ4v) is 3.89. The maximum atomic E-state index is 13.0. The molecule has 3 aromatic heterocycles. The molecule has 0 saturated heterocycles. The summed E-state index contributed by atoms with van der Waals surface area (Å²) >= 11 is 0. The predicted octanol–water partition coefficient (Wildman–Crippen LogP) is 6.17. The number of aromatic amines is 1. The van der Waals surface area contributed by atoms with Gasteiger partial charge in [-0.15, -0.1) is 0 Å². The molecule has 10 heteroatoms. The smallest absolute Gasteiger partial charge is 0.416 e. The molecule has 0 bridgehead atoms. The van der Waals surface area contributed by atoms with Gasteiger partial charge in [0.1, 0.15) is 22.7 Å². The summed E-state index contributed by atoms with van der Waals surface area (Å²) in [6.07, 6.45) is -0.381. The number of hydrogen-bond acceptors (Lipinski definition) is 5. The second-order valence-corrected chi connectivity index (χ2v) is 9.84. The zero-order valence-corrected chi connectivity index (χ0v) is 20.8. The molecule has 0 aliphatic heterocycles. The summed E-state index contributed by atoms with van der Waals surface area (Å²) in [5.74, 6) is 0.217. The SMILES string of the molecule is CC(C)(C)OC(=O)N(Cc1ccc(C(F)(F)F)cc1)c1ccc(C(C)(O)c2c[nH]c3ncccc23)cn1. The number of benzene rings is 1. The number of aliphatic hydroxyl groups is 1. The van der Waals surface area contributed by atoms with E-state index in [9.17, 15) is 23.1 Å². The van der Waals surface area contributed by atoms with Crippen LogP contribution in [0.1, 0.15) is 49.9 Å². The lowest BCUT2D eigenvalue weighted by Crippen LogP contribution is -2.37. The Hall–Kier alpha value is -3.92. The maximum Gasteiger partial charge on any atom is 0.416 e. The Labute approximate surface area is 211 Å². The number of nitrogens with one attached hydrogen (secondary N) is 1. The predicted molar refractivity (Wildman–Crippen MR) is 133 cm³/mol. The Kier molecular flexibility index (Phi) is 6.72. The number of nitrogens with zero attached hydrogens (tertiary/aromatic N) is 3. The van der Waals surface area contributed by atoms with E-state index in [2.05, 4.69) is 15.0 Å². The van der Waals surface area contributed by atoms with Crippen molar-refractivity contribution < 1.29 is 27.8 Å². The number of carbonyl (C=O) groups is 1. The van der Waals surface area contributed by atoms with Gasteiger partial charge in [-0.2, -0.15) is 13.2 Å². The molecule has 1 aromatic carbocycles. The molecule has 1 atom stereocenters. The monoisotopic (exact) mass is 512 g/mol. The first-order valence-electron chi connectivity index (χ1n) is 11.5. The molecule has 194 valence electrons. The Bertz CT molecular complexity index is 1390. The second kappa shape index (κ2) is 9.51. The third-order valence-corrected chi connectivity index (χ3v) is 5.80. The van der Waals surface area contributed by atoms with Crippen molar-refractivity contribution in [2.75, 3.05) is 4.90 Å². The molecule has 4 rings (SSSR count). The molecule has 4 aromatic rings. The van der Waals surface area contributed by atoms with E-state index in [1.165, 1.54) is 23.2 Å². The van der Waals surface area contributed by atoms with Crippen LogP contribution in [0.15, 0.2) is 67.1 Å². The van der Waals surface area contributed by atoms with Crippen molar-refractivity contribution in [3.63, 3.8) is 0 Å². The normalized spacial score (nSPS) is 13.8. The molecule has 0 aliphatic carbocycles. The third kappa shape index (κ3) is 5.75. The highest BCUT2D eigenvalue weighted by Crippen LogP contribution is 2.34. The van der Waals surface area contributed by atoms with Gasteiger partial charge in [0, 0.05) is 35.1 Å². The Morgan fingerprint density at radius 3 is 2.27 bits per heavy atom. The number of pyridine rings is 2. The number of alkyl halides is 3. The number of anilines is 1. The van der Waals surface area contributed by atoms with E-state index >= 15 is 0 Å². The van der Waals surface area contributed by atoms with Crippen LogP contribution in [-0.4, -0.2) is 31.8 Å². The van der Waals surface area contributed by atoms with E-state index in [0.717, 1.165) is 17.5 Å². The maximum absolute atomic E-state index is 13.0. The van der Waals surface area contributed by atoms with E-state index in [-0.39, 0.29) is 12.4 Å². The number of H-pyrrole nitrogens is 1. The Balaban J connectivity index is 1.65. The minimum atomic E-state index is -4.46. The average molecular weight is 513 g/mol. The summed E-state index contributed by atoms with van der Waals surface area (Å²) in [4.78, 5) is 26.0. The molecular formula is C27H27F3N4O3. The average Bonchev–Trinajstić information content (AvgIpc) is 3.26. The Morgan fingerprint density at radius 2 is 1.68 bits per heavy atom. The summed E-state index contributed by atoms with van der Waals surface area (Å²) in [5.41, 5.74) is -0.826. The van der Waals surface area contributed by atoms with Gasteiger partial charge in [-0.3, -0.25) is 4.90 Å². The van der Waals surface area contributed by atoms with Crippen LogP contribution in [0.3, 0.4) is 0 Å². The molecule has 0 radical (unpaired) electrons. The number of rotatable bonds is 5. The quantitative estimate of drug-likeness (QED) is 0.334. The molecule has 0 saturated carbocycles. The highest BCUT2D eigenvalue weighted by Gasteiger charge is 2.32. The number of ether oxygens (including phenoxy) is 1. The first-order valence-corrected chi connectivity index (χ1v) is 11.5. The van der Waals surface area contributed by atoms with E-state index < -0.39 is 29.0 Å². The third-order valence-electron chi connectivity index (χ3n) is 5.80. The molecule has 3 heterocycles. The fraction of sp³-hybridized carbons (Fsp3) is 0.296. The van der Waals surface area contributed by atoms with Crippen molar-refractivity contribution in [1.82, 2.24) is 15.0 Å². The molecule has 37 heavy (non-hydrogen) atoms. The van der Waals surface area contributed by atoms with E-state index in [4.69, 9.17) is 4.74 Å². The molecule has 1 amide bonds. The lowest BCUT2D eigenvalue weighted by atomic mass is 9.89. The molecule has 0 fully saturated rings. The second-order valence-electron chi connectivity index (χ2n) is 9.84. The van der Waals surface area contributed by atoms with E-state index in [1.807, 2.05) is 6.07 Å². The first-order chi connectivity index (χ1) is 17.3. The first kappa shape index (κ1) is 26.2. The topological polar surface area (TPSA) is 91.3 Å². The van der Waals surface area contributed by atoms with Crippen LogP contribution in [0.25, 0.3) is 11.0 Å². The van der Waals surface area contributed by atoms with Gasteiger partial charge in [-0.1, -0.05) is 18.2 Å². The minimum Gasteiger partial charge on any atom is -0.443 e. The van der Waals surface area contributed by atoms with Crippen molar-refractivity contribution in [1.29, 1.82) is 0 Å². The van der Waals surface area contributed by atoms with Crippen LogP contribution in [-0.2, 0) is 23.1 Å². The van der Waals surface area contributed by atoms with Crippen LogP contribution in [0.2, 0.25) is 0 Å². The zero-order valence-electron chi connectivity index (χ0n) is 20.8. The number of amides is 1. The lowest BCUT2D eigenvalue weighted by molar-refractivity contribution is -0.137. The van der Waals surface area contributed by atoms with Gasteiger partial charge in [0.2, 0.25) is 0 Å². The van der Waals surface area contributed by atoms with Gasteiger partial charge in [-0.25, -0.2) is 14.8 Å². The van der Waals surface area contributed by atoms with Crippen LogP contribution >= 0.6 is 0 Å². The molecule has 2 N–H and O–H groups in total. The van der Waals surface area contributed by atoms with Gasteiger partial charge in [0.25, 0.3) is 0 Å². The van der Waals surface area contributed by atoms with Gasteiger partial charge >= 0.3 is 12.3 Å². The summed E-state index contributed by atoms with van der Waals surface area (Å²) in [6, 6.07) is 11.4. The van der Waals surface area contributed by atoms with E-state index in [1.54, 1.807) is 58.3 Å². The summed E-state index contributed by atoms with van der Waals surface area (Å²) < 4.78 is 44.4. The minimum absolute atomic E-state index is 0.0656. The molecule has 7 nitrogen and oxygen atoms in total.